The van der Waals surface area contributed by atoms with Crippen LogP contribution in [0.5, 0.6) is 0 Å². The minimum Gasteiger partial charge on any atom is -0.381 e. The second kappa shape index (κ2) is 13.8. The Hall–Kier alpha value is -1.35. The minimum atomic E-state index is -0.0467. The SMILES string of the molecule is CCNC(=O)c1cccc(CN=C(NCC)NCCCOCC2CC2)c1.I. The molecule has 0 aliphatic heterocycles. The molecule has 1 aromatic rings. The highest BCUT2D eigenvalue weighted by Crippen LogP contribution is 2.28. The lowest BCUT2D eigenvalue weighted by atomic mass is 10.1. The van der Waals surface area contributed by atoms with Gasteiger partial charge in [0.2, 0.25) is 0 Å². The highest BCUT2D eigenvalue weighted by molar-refractivity contribution is 14.0. The van der Waals surface area contributed by atoms with Gasteiger partial charge < -0.3 is 20.7 Å². The van der Waals surface area contributed by atoms with Crippen LogP contribution in [0.25, 0.3) is 0 Å². The fraction of sp³-hybridized carbons (Fsp3) is 0.600. The van der Waals surface area contributed by atoms with Crippen LogP contribution >= 0.6 is 24.0 Å². The molecule has 1 fully saturated rings. The smallest absolute Gasteiger partial charge is 0.251 e. The number of amides is 1. The first-order valence-corrected chi connectivity index (χ1v) is 9.70. The lowest BCUT2D eigenvalue weighted by Crippen LogP contribution is -2.38. The summed E-state index contributed by atoms with van der Waals surface area (Å²) in [4.78, 5) is 16.5. The van der Waals surface area contributed by atoms with E-state index in [2.05, 4.69) is 20.9 Å². The third kappa shape index (κ3) is 9.95. The molecule has 1 aromatic carbocycles. The topological polar surface area (TPSA) is 74.8 Å². The molecule has 152 valence electrons. The maximum atomic E-state index is 11.9. The van der Waals surface area contributed by atoms with Gasteiger partial charge in [0.05, 0.1) is 6.54 Å². The van der Waals surface area contributed by atoms with Crippen molar-refractivity contribution in [1.29, 1.82) is 0 Å². The van der Waals surface area contributed by atoms with Gasteiger partial charge in [-0.05, 0) is 56.7 Å². The van der Waals surface area contributed by atoms with Gasteiger partial charge in [-0.3, -0.25) is 4.79 Å². The number of benzene rings is 1. The molecule has 0 spiro atoms. The minimum absolute atomic E-state index is 0. The van der Waals surface area contributed by atoms with Crippen LogP contribution in [0.2, 0.25) is 0 Å². The van der Waals surface area contributed by atoms with Gasteiger partial charge in [0.15, 0.2) is 5.96 Å². The van der Waals surface area contributed by atoms with E-state index in [9.17, 15) is 4.79 Å². The first-order chi connectivity index (χ1) is 12.7. The fourth-order valence-corrected chi connectivity index (χ4v) is 2.50. The van der Waals surface area contributed by atoms with E-state index in [0.29, 0.717) is 18.7 Å². The van der Waals surface area contributed by atoms with E-state index in [1.807, 2.05) is 38.1 Å². The fourth-order valence-electron chi connectivity index (χ4n) is 2.50. The maximum Gasteiger partial charge on any atom is 0.251 e. The Morgan fingerprint density at radius 3 is 2.67 bits per heavy atom. The van der Waals surface area contributed by atoms with Gasteiger partial charge in [0, 0.05) is 38.4 Å². The summed E-state index contributed by atoms with van der Waals surface area (Å²) in [6, 6.07) is 7.60. The third-order valence-electron chi connectivity index (χ3n) is 4.10. The Morgan fingerprint density at radius 1 is 1.19 bits per heavy atom. The summed E-state index contributed by atoms with van der Waals surface area (Å²) < 4.78 is 5.65. The van der Waals surface area contributed by atoms with Crippen molar-refractivity contribution >= 4 is 35.8 Å². The van der Waals surface area contributed by atoms with Crippen LogP contribution in [0, 0.1) is 5.92 Å². The Bertz CT molecular complexity index is 591. The molecular weight excluding hydrogens is 455 g/mol. The molecule has 3 N–H and O–H groups in total. The molecule has 0 atom stereocenters. The van der Waals surface area contributed by atoms with E-state index in [-0.39, 0.29) is 29.9 Å². The van der Waals surface area contributed by atoms with Gasteiger partial charge in [-0.25, -0.2) is 4.99 Å². The van der Waals surface area contributed by atoms with Gasteiger partial charge in [0.1, 0.15) is 0 Å². The average Bonchev–Trinajstić information content (AvgIpc) is 3.47. The second-order valence-corrected chi connectivity index (χ2v) is 6.55. The van der Waals surface area contributed by atoms with Crippen LogP contribution in [0.4, 0.5) is 0 Å². The number of carbonyl (C=O) groups is 1. The zero-order chi connectivity index (χ0) is 18.6. The van der Waals surface area contributed by atoms with E-state index in [1.54, 1.807) is 0 Å². The zero-order valence-electron chi connectivity index (χ0n) is 16.4. The van der Waals surface area contributed by atoms with Crippen molar-refractivity contribution in [2.24, 2.45) is 10.9 Å². The number of hydrogen-bond acceptors (Lipinski definition) is 3. The van der Waals surface area contributed by atoms with Crippen molar-refractivity contribution in [1.82, 2.24) is 16.0 Å². The van der Waals surface area contributed by atoms with Crippen molar-refractivity contribution in [3.8, 4) is 0 Å². The number of carbonyl (C=O) groups excluding carboxylic acids is 1. The highest BCUT2D eigenvalue weighted by atomic mass is 127. The van der Waals surface area contributed by atoms with E-state index < -0.39 is 0 Å². The van der Waals surface area contributed by atoms with Gasteiger partial charge in [-0.1, -0.05) is 12.1 Å². The first-order valence-electron chi connectivity index (χ1n) is 9.70. The van der Waals surface area contributed by atoms with Crippen LogP contribution < -0.4 is 16.0 Å². The first kappa shape index (κ1) is 23.7. The second-order valence-electron chi connectivity index (χ2n) is 6.55. The van der Waals surface area contributed by atoms with E-state index in [1.165, 1.54) is 12.8 Å². The molecule has 0 radical (unpaired) electrons. The summed E-state index contributed by atoms with van der Waals surface area (Å²) in [6.07, 6.45) is 3.62. The van der Waals surface area contributed by atoms with Crippen LogP contribution in [0.3, 0.4) is 0 Å². The zero-order valence-corrected chi connectivity index (χ0v) is 18.8. The molecule has 0 bridgehead atoms. The molecule has 0 saturated heterocycles. The number of hydrogen-bond donors (Lipinski definition) is 3. The standard InChI is InChI=1S/C20H32N4O2.HI/c1-3-21-19(25)18-8-5-7-17(13-18)14-24-20(22-4-2)23-11-6-12-26-15-16-9-10-16;/h5,7-8,13,16H,3-4,6,9-12,14-15H2,1-2H3,(H,21,25)(H2,22,23,24);1H. The van der Waals surface area contributed by atoms with E-state index in [0.717, 1.165) is 50.2 Å². The number of aliphatic imine (C=N–C) groups is 1. The molecular formula is C20H33IN4O2. The number of guanidine groups is 1. The largest absolute Gasteiger partial charge is 0.381 e. The molecule has 1 saturated carbocycles. The third-order valence-corrected chi connectivity index (χ3v) is 4.10. The number of rotatable bonds is 11. The number of nitrogens with zero attached hydrogens (tertiary/aromatic N) is 1. The maximum absolute atomic E-state index is 11.9. The molecule has 0 unspecified atom stereocenters. The predicted octanol–water partition coefficient (Wildman–Crippen LogP) is 2.93. The number of halogens is 1. The molecule has 0 heterocycles. The van der Waals surface area contributed by atoms with Crippen LogP contribution in [0.15, 0.2) is 29.3 Å². The Labute approximate surface area is 179 Å². The molecule has 1 amide bonds. The highest BCUT2D eigenvalue weighted by Gasteiger charge is 2.20. The molecule has 27 heavy (non-hydrogen) atoms. The van der Waals surface area contributed by atoms with Crippen molar-refractivity contribution in [3.05, 3.63) is 35.4 Å². The predicted molar refractivity (Wildman–Crippen MR) is 121 cm³/mol. The molecule has 1 aliphatic rings. The molecule has 6 nitrogen and oxygen atoms in total. The Balaban J connectivity index is 0.00000364. The average molecular weight is 488 g/mol. The van der Waals surface area contributed by atoms with E-state index in [4.69, 9.17) is 4.74 Å². The molecule has 1 aliphatic carbocycles. The summed E-state index contributed by atoms with van der Waals surface area (Å²) in [5.74, 6) is 1.56. The van der Waals surface area contributed by atoms with Gasteiger partial charge in [-0.15, -0.1) is 24.0 Å². The van der Waals surface area contributed by atoms with Gasteiger partial charge in [-0.2, -0.15) is 0 Å². The van der Waals surface area contributed by atoms with Crippen molar-refractivity contribution in [3.63, 3.8) is 0 Å². The Morgan fingerprint density at radius 2 is 1.96 bits per heavy atom. The normalized spacial score (nSPS) is 13.6. The summed E-state index contributed by atoms with van der Waals surface area (Å²) in [5, 5.41) is 9.40. The number of ether oxygens (including phenoxy) is 1. The van der Waals surface area contributed by atoms with Gasteiger partial charge in [0.25, 0.3) is 5.91 Å². The van der Waals surface area contributed by atoms with Crippen molar-refractivity contribution in [2.75, 3.05) is 32.8 Å². The molecule has 2 rings (SSSR count). The molecule has 7 heteroatoms. The van der Waals surface area contributed by atoms with Crippen molar-refractivity contribution in [2.45, 2.75) is 39.7 Å². The summed E-state index contributed by atoms with van der Waals surface area (Å²) in [5.41, 5.74) is 1.68. The van der Waals surface area contributed by atoms with Crippen molar-refractivity contribution < 1.29 is 9.53 Å². The van der Waals surface area contributed by atoms with E-state index >= 15 is 0 Å². The number of nitrogens with one attached hydrogen (secondary N) is 3. The van der Waals surface area contributed by atoms with Gasteiger partial charge >= 0.3 is 0 Å². The molecule has 0 aromatic heterocycles. The lowest BCUT2D eigenvalue weighted by molar-refractivity contribution is 0.0955. The quantitative estimate of drug-likeness (QED) is 0.194. The lowest BCUT2D eigenvalue weighted by Gasteiger charge is -2.11. The van der Waals surface area contributed by atoms with Crippen LogP contribution in [-0.2, 0) is 11.3 Å². The monoisotopic (exact) mass is 488 g/mol. The summed E-state index contributed by atoms with van der Waals surface area (Å²) in [7, 11) is 0. The van der Waals surface area contributed by atoms with Crippen LogP contribution in [-0.4, -0.2) is 44.7 Å². The van der Waals surface area contributed by atoms with Crippen LogP contribution in [0.1, 0.15) is 49.0 Å². The summed E-state index contributed by atoms with van der Waals surface area (Å²) in [6.45, 7) is 8.45. The Kier molecular flexibility index (Phi) is 12.1. The summed E-state index contributed by atoms with van der Waals surface area (Å²) >= 11 is 0.